The van der Waals surface area contributed by atoms with Crippen LogP contribution in [0.2, 0.25) is 5.02 Å². The van der Waals surface area contributed by atoms with Crippen LogP contribution in [-0.4, -0.2) is 18.3 Å². The van der Waals surface area contributed by atoms with Crippen LogP contribution in [0, 0.1) is 10.1 Å². The predicted molar refractivity (Wildman–Crippen MR) is 50.0 cm³/mol. The van der Waals surface area contributed by atoms with E-state index in [0.717, 1.165) is 6.07 Å². The lowest BCUT2D eigenvalue weighted by atomic mass is 10.2. The van der Waals surface area contributed by atoms with Crippen LogP contribution >= 0.6 is 11.6 Å². The lowest BCUT2D eigenvalue weighted by Crippen LogP contribution is -1.94. The number of ether oxygens (including phenoxy) is 1. The van der Waals surface area contributed by atoms with Gasteiger partial charge in [0, 0.05) is 11.6 Å². The van der Waals surface area contributed by atoms with Gasteiger partial charge in [0.1, 0.15) is 12.0 Å². The van der Waals surface area contributed by atoms with Gasteiger partial charge in [0.15, 0.2) is 5.02 Å². The first kappa shape index (κ1) is 10.5. The van der Waals surface area contributed by atoms with Crippen molar-refractivity contribution in [3.05, 3.63) is 32.8 Å². The van der Waals surface area contributed by atoms with Gasteiger partial charge in [-0.15, -0.1) is 0 Å². The molecule has 74 valence electrons. The minimum atomic E-state index is -0.669. The number of nitro benzene ring substituents is 1. The molecule has 0 aromatic heterocycles. The fourth-order valence-electron chi connectivity index (χ4n) is 0.953. The topological polar surface area (TPSA) is 69.4 Å². The molecule has 0 spiro atoms. The molecule has 0 aliphatic carbocycles. The molecule has 0 bridgehead atoms. The first-order chi connectivity index (χ1) is 6.60. The van der Waals surface area contributed by atoms with Crippen LogP contribution in [0.25, 0.3) is 0 Å². The average Bonchev–Trinajstić information content (AvgIpc) is 2.17. The highest BCUT2D eigenvalue weighted by atomic mass is 35.5. The van der Waals surface area contributed by atoms with E-state index in [1.165, 1.54) is 13.2 Å². The summed E-state index contributed by atoms with van der Waals surface area (Å²) in [5, 5.41) is 10.4. The molecule has 0 radical (unpaired) electrons. The summed E-state index contributed by atoms with van der Waals surface area (Å²) in [7, 11) is 1.32. The van der Waals surface area contributed by atoms with Crippen molar-refractivity contribution >= 4 is 23.6 Å². The van der Waals surface area contributed by atoms with E-state index in [0.29, 0.717) is 6.29 Å². The van der Waals surface area contributed by atoms with E-state index >= 15 is 0 Å². The highest BCUT2D eigenvalue weighted by Gasteiger charge is 2.18. The van der Waals surface area contributed by atoms with Crippen molar-refractivity contribution in [3.63, 3.8) is 0 Å². The second-order valence-electron chi connectivity index (χ2n) is 2.43. The fraction of sp³-hybridized carbons (Fsp3) is 0.125. The molecule has 0 saturated heterocycles. The second kappa shape index (κ2) is 4.06. The van der Waals surface area contributed by atoms with Gasteiger partial charge in [-0.05, 0) is 6.07 Å². The number of hydrogen-bond donors (Lipinski definition) is 0. The van der Waals surface area contributed by atoms with E-state index in [1.54, 1.807) is 0 Å². The Labute approximate surface area is 84.4 Å². The zero-order chi connectivity index (χ0) is 10.7. The number of aldehydes is 1. The molecule has 0 saturated carbocycles. The minimum absolute atomic E-state index is 0.108. The van der Waals surface area contributed by atoms with E-state index in [2.05, 4.69) is 0 Å². The molecule has 6 heteroatoms. The molecule has 0 heterocycles. The number of nitrogens with zero attached hydrogens (tertiary/aromatic N) is 1. The Morgan fingerprint density at radius 3 is 2.64 bits per heavy atom. The molecule has 1 aromatic carbocycles. The summed E-state index contributed by atoms with van der Waals surface area (Å²) in [4.78, 5) is 20.3. The molecule has 1 rings (SSSR count). The molecular formula is C8H6ClNO4. The fourth-order valence-corrected chi connectivity index (χ4v) is 1.21. The molecule has 0 unspecified atom stereocenters. The molecule has 0 aliphatic rings. The van der Waals surface area contributed by atoms with E-state index in [1.807, 2.05) is 0 Å². The molecular weight excluding hydrogens is 210 g/mol. The standard InChI is InChI=1S/C8H6ClNO4/c1-14-7-3-5(4-11)2-6(8(7)9)10(12)13/h2-4H,1H3. The van der Waals surface area contributed by atoms with Crippen molar-refractivity contribution in [3.8, 4) is 5.75 Å². The van der Waals surface area contributed by atoms with E-state index in [4.69, 9.17) is 16.3 Å². The van der Waals surface area contributed by atoms with Gasteiger partial charge >= 0.3 is 0 Å². The third-order valence-corrected chi connectivity index (χ3v) is 1.97. The van der Waals surface area contributed by atoms with Crippen molar-refractivity contribution in [1.29, 1.82) is 0 Å². The first-order valence-corrected chi connectivity index (χ1v) is 3.95. The normalized spacial score (nSPS) is 9.57. The lowest BCUT2D eigenvalue weighted by Gasteiger charge is -2.03. The van der Waals surface area contributed by atoms with Gasteiger partial charge in [-0.25, -0.2) is 0 Å². The third-order valence-electron chi connectivity index (χ3n) is 1.60. The molecule has 0 atom stereocenters. The molecule has 0 amide bonds. The number of carbonyl (C=O) groups is 1. The van der Waals surface area contributed by atoms with Crippen LogP contribution < -0.4 is 4.74 Å². The van der Waals surface area contributed by atoms with Crippen LogP contribution in [0.1, 0.15) is 10.4 Å². The Morgan fingerprint density at radius 1 is 1.57 bits per heavy atom. The number of hydrogen-bond acceptors (Lipinski definition) is 4. The smallest absolute Gasteiger partial charge is 0.292 e. The molecule has 14 heavy (non-hydrogen) atoms. The minimum Gasteiger partial charge on any atom is -0.495 e. The zero-order valence-corrected chi connectivity index (χ0v) is 7.95. The SMILES string of the molecule is COc1cc(C=O)cc([N+](=O)[O-])c1Cl. The third kappa shape index (κ3) is 1.82. The molecule has 0 aliphatic heterocycles. The summed E-state index contributed by atoms with van der Waals surface area (Å²) in [6, 6.07) is 2.43. The number of halogens is 1. The van der Waals surface area contributed by atoms with Gasteiger partial charge in [0.2, 0.25) is 0 Å². The zero-order valence-electron chi connectivity index (χ0n) is 7.19. The number of benzene rings is 1. The van der Waals surface area contributed by atoms with Crippen LogP contribution in [0.4, 0.5) is 5.69 Å². The van der Waals surface area contributed by atoms with Gasteiger partial charge in [-0.1, -0.05) is 11.6 Å². The largest absolute Gasteiger partial charge is 0.495 e. The number of methoxy groups -OCH3 is 1. The van der Waals surface area contributed by atoms with Gasteiger partial charge in [-0.2, -0.15) is 0 Å². The van der Waals surface area contributed by atoms with Gasteiger partial charge in [0.05, 0.1) is 12.0 Å². The van der Waals surface area contributed by atoms with Crippen LogP contribution in [-0.2, 0) is 0 Å². The van der Waals surface area contributed by atoms with Crippen molar-refractivity contribution < 1.29 is 14.5 Å². The summed E-state index contributed by atoms with van der Waals surface area (Å²) in [6.45, 7) is 0. The van der Waals surface area contributed by atoms with Crippen molar-refractivity contribution in [1.82, 2.24) is 0 Å². The number of rotatable bonds is 3. The van der Waals surface area contributed by atoms with E-state index in [9.17, 15) is 14.9 Å². The van der Waals surface area contributed by atoms with E-state index < -0.39 is 4.92 Å². The Morgan fingerprint density at radius 2 is 2.21 bits per heavy atom. The van der Waals surface area contributed by atoms with Gasteiger partial charge in [-0.3, -0.25) is 14.9 Å². The Hall–Kier alpha value is -1.62. The quantitative estimate of drug-likeness (QED) is 0.440. The van der Waals surface area contributed by atoms with Crippen molar-refractivity contribution in [2.75, 3.05) is 7.11 Å². The number of nitro groups is 1. The lowest BCUT2D eigenvalue weighted by molar-refractivity contribution is -0.384. The van der Waals surface area contributed by atoms with E-state index in [-0.39, 0.29) is 22.0 Å². The van der Waals surface area contributed by atoms with Gasteiger partial charge < -0.3 is 4.74 Å². The highest BCUT2D eigenvalue weighted by molar-refractivity contribution is 6.34. The Bertz CT molecular complexity index is 391. The maximum absolute atomic E-state index is 10.5. The van der Waals surface area contributed by atoms with Crippen molar-refractivity contribution in [2.45, 2.75) is 0 Å². The Kier molecular flexibility index (Phi) is 3.03. The molecule has 0 N–H and O–H groups in total. The highest BCUT2D eigenvalue weighted by Crippen LogP contribution is 2.34. The molecule has 1 aromatic rings. The summed E-state index contributed by atoms with van der Waals surface area (Å²) in [5.41, 5.74) is -0.189. The van der Waals surface area contributed by atoms with Crippen molar-refractivity contribution in [2.24, 2.45) is 0 Å². The summed E-state index contributed by atoms with van der Waals surface area (Å²) in [5.74, 6) is 0.114. The maximum Gasteiger partial charge on any atom is 0.292 e. The molecule has 5 nitrogen and oxygen atoms in total. The first-order valence-electron chi connectivity index (χ1n) is 3.57. The Balaban J connectivity index is 3.41. The van der Waals surface area contributed by atoms with Crippen LogP contribution in [0.5, 0.6) is 5.75 Å². The average molecular weight is 216 g/mol. The second-order valence-corrected chi connectivity index (χ2v) is 2.81. The number of carbonyl (C=O) groups excluding carboxylic acids is 1. The summed E-state index contributed by atoms with van der Waals surface area (Å²) in [6.07, 6.45) is 0.492. The van der Waals surface area contributed by atoms with Crippen LogP contribution in [0.15, 0.2) is 12.1 Å². The maximum atomic E-state index is 10.5. The van der Waals surface area contributed by atoms with Crippen LogP contribution in [0.3, 0.4) is 0 Å². The summed E-state index contributed by atoms with van der Waals surface area (Å²) < 4.78 is 4.78. The predicted octanol–water partition coefficient (Wildman–Crippen LogP) is 2.07. The monoisotopic (exact) mass is 215 g/mol. The van der Waals surface area contributed by atoms with Gasteiger partial charge in [0.25, 0.3) is 5.69 Å². The molecule has 0 fully saturated rings. The summed E-state index contributed by atoms with van der Waals surface area (Å²) >= 11 is 5.65.